The van der Waals surface area contributed by atoms with Crippen LogP contribution in [0.2, 0.25) is 0 Å². The summed E-state index contributed by atoms with van der Waals surface area (Å²) in [5.74, 6) is 0.842. The molecule has 0 bridgehead atoms. The number of nitro benzene ring substituents is 1. The van der Waals surface area contributed by atoms with Crippen LogP contribution in [0.15, 0.2) is 48.5 Å². The second-order valence-electron chi connectivity index (χ2n) is 7.02. The predicted octanol–water partition coefficient (Wildman–Crippen LogP) is 4.43. The number of nitrogens with zero attached hydrogens (tertiary/aromatic N) is 1. The van der Waals surface area contributed by atoms with Crippen molar-refractivity contribution in [2.75, 3.05) is 20.3 Å². The Bertz CT molecular complexity index is 825. The molecule has 0 radical (unpaired) electrons. The summed E-state index contributed by atoms with van der Waals surface area (Å²) in [5, 5.41) is 10.8. The summed E-state index contributed by atoms with van der Waals surface area (Å²) >= 11 is 6.96. The summed E-state index contributed by atoms with van der Waals surface area (Å²) in [6, 6.07) is 14.3. The van der Waals surface area contributed by atoms with Crippen LogP contribution in [-0.2, 0) is 9.47 Å². The molecule has 4 atom stereocenters. The first-order valence-electron chi connectivity index (χ1n) is 8.80. The summed E-state index contributed by atoms with van der Waals surface area (Å²) in [4.78, 5) is 9.90. The van der Waals surface area contributed by atoms with E-state index in [9.17, 15) is 10.1 Å². The molecule has 0 saturated carbocycles. The first-order chi connectivity index (χ1) is 13.0. The molecule has 2 aliphatic heterocycles. The zero-order valence-corrected chi connectivity index (χ0v) is 15.6. The van der Waals surface area contributed by atoms with Crippen LogP contribution in [0.1, 0.15) is 29.8 Å². The molecule has 4 rings (SSSR count). The molecule has 2 aromatic rings. The smallest absolute Gasteiger partial charge is 0.269 e. The van der Waals surface area contributed by atoms with Gasteiger partial charge in [-0.05, 0) is 41.8 Å². The van der Waals surface area contributed by atoms with Crippen molar-refractivity contribution in [3.63, 3.8) is 0 Å². The van der Waals surface area contributed by atoms with Crippen molar-refractivity contribution in [1.29, 1.82) is 0 Å². The highest BCUT2D eigenvalue weighted by Crippen LogP contribution is 2.52. The lowest BCUT2D eigenvalue weighted by Gasteiger charge is -2.38. The average Bonchev–Trinajstić information content (AvgIpc) is 3.04. The number of benzene rings is 2. The lowest BCUT2D eigenvalue weighted by Crippen LogP contribution is -2.41. The highest BCUT2D eigenvalue weighted by atomic mass is 35.5. The lowest BCUT2D eigenvalue weighted by molar-refractivity contribution is -0.384. The Labute approximate surface area is 162 Å². The summed E-state index contributed by atoms with van der Waals surface area (Å²) < 4.78 is 17.3. The highest BCUT2D eigenvalue weighted by Gasteiger charge is 2.53. The molecule has 0 amide bonds. The zero-order valence-electron chi connectivity index (χ0n) is 14.8. The molecule has 2 saturated heterocycles. The molecule has 2 aromatic carbocycles. The maximum absolute atomic E-state index is 10.8. The van der Waals surface area contributed by atoms with Gasteiger partial charge in [-0.25, -0.2) is 0 Å². The van der Waals surface area contributed by atoms with Gasteiger partial charge >= 0.3 is 0 Å². The van der Waals surface area contributed by atoms with Gasteiger partial charge in [0.15, 0.2) is 0 Å². The third-order valence-electron chi connectivity index (χ3n) is 5.45. The summed E-state index contributed by atoms with van der Waals surface area (Å²) in [7, 11) is 1.64. The van der Waals surface area contributed by atoms with E-state index in [4.69, 9.17) is 25.8 Å². The van der Waals surface area contributed by atoms with Crippen molar-refractivity contribution < 1.29 is 19.1 Å². The Balaban J connectivity index is 1.50. The Hall–Kier alpha value is -2.15. The minimum Gasteiger partial charge on any atom is -0.497 e. The van der Waals surface area contributed by atoms with Gasteiger partial charge in [-0.3, -0.25) is 10.1 Å². The summed E-state index contributed by atoms with van der Waals surface area (Å²) in [6.45, 7) is 0.921. The van der Waals surface area contributed by atoms with E-state index in [1.54, 1.807) is 19.2 Å². The van der Waals surface area contributed by atoms with E-state index < -0.39 is 9.80 Å². The number of ether oxygens (including phenoxy) is 3. The normalized spacial score (nSPS) is 29.9. The third kappa shape index (κ3) is 3.40. The molecule has 0 aliphatic carbocycles. The molecule has 0 aromatic heterocycles. The van der Waals surface area contributed by atoms with Crippen molar-refractivity contribution >= 4 is 17.3 Å². The molecule has 0 N–H and O–H groups in total. The Morgan fingerprint density at radius 1 is 1.11 bits per heavy atom. The molecule has 7 heteroatoms. The van der Waals surface area contributed by atoms with Crippen LogP contribution in [0.5, 0.6) is 5.75 Å². The molecule has 27 heavy (non-hydrogen) atoms. The number of methoxy groups -OCH3 is 1. The first kappa shape index (κ1) is 18.2. The molecule has 2 fully saturated rings. The van der Waals surface area contributed by atoms with E-state index in [2.05, 4.69) is 0 Å². The highest BCUT2D eigenvalue weighted by molar-refractivity contribution is 6.24. The van der Waals surface area contributed by atoms with Gasteiger partial charge < -0.3 is 14.2 Å². The van der Waals surface area contributed by atoms with Crippen LogP contribution in [0.25, 0.3) is 0 Å². The molecule has 0 unspecified atom stereocenters. The standard InChI is InChI=1S/C20H20ClNO5/c1-25-16-8-4-14(5-9-16)19-17-11-26-18(10-20(17,21)12-27-19)13-2-6-15(7-3-13)22(23)24/h2-9,17-19H,10-12H2,1H3/t17-,18+,19+,20-/m1/s1. The molecule has 6 nitrogen and oxygen atoms in total. The Kier molecular flexibility index (Phi) is 4.80. The number of rotatable bonds is 4. The fraction of sp³-hybridized carbons (Fsp3) is 0.400. The zero-order chi connectivity index (χ0) is 19.0. The van der Waals surface area contributed by atoms with Gasteiger partial charge in [0.1, 0.15) is 5.75 Å². The summed E-state index contributed by atoms with van der Waals surface area (Å²) in [6.07, 6.45) is 0.285. The number of non-ortho nitro benzene ring substituents is 1. The van der Waals surface area contributed by atoms with Crippen LogP contribution in [0.3, 0.4) is 0 Å². The van der Waals surface area contributed by atoms with E-state index in [-0.39, 0.29) is 23.8 Å². The van der Waals surface area contributed by atoms with Gasteiger partial charge in [-0.2, -0.15) is 0 Å². The quantitative estimate of drug-likeness (QED) is 0.439. The predicted molar refractivity (Wildman–Crippen MR) is 100 cm³/mol. The minimum absolute atomic E-state index is 0.0434. The number of hydrogen-bond acceptors (Lipinski definition) is 5. The minimum atomic E-state index is -0.519. The van der Waals surface area contributed by atoms with E-state index in [1.807, 2.05) is 24.3 Å². The van der Waals surface area contributed by atoms with Crippen molar-refractivity contribution in [2.24, 2.45) is 5.92 Å². The van der Waals surface area contributed by atoms with Gasteiger partial charge in [0, 0.05) is 18.1 Å². The maximum Gasteiger partial charge on any atom is 0.269 e. The van der Waals surface area contributed by atoms with Crippen molar-refractivity contribution in [2.45, 2.75) is 23.5 Å². The number of fused-ring (bicyclic) bond motifs is 1. The average molecular weight is 390 g/mol. The van der Waals surface area contributed by atoms with Crippen molar-refractivity contribution in [3.05, 3.63) is 69.8 Å². The van der Waals surface area contributed by atoms with Gasteiger partial charge in [0.25, 0.3) is 5.69 Å². The van der Waals surface area contributed by atoms with Crippen molar-refractivity contribution in [1.82, 2.24) is 0 Å². The van der Waals surface area contributed by atoms with E-state index >= 15 is 0 Å². The van der Waals surface area contributed by atoms with E-state index in [0.717, 1.165) is 16.9 Å². The van der Waals surface area contributed by atoms with Gasteiger partial charge in [0.2, 0.25) is 0 Å². The number of nitro groups is 1. The number of alkyl halides is 1. The fourth-order valence-corrected chi connectivity index (χ4v) is 4.28. The maximum atomic E-state index is 10.8. The van der Waals surface area contributed by atoms with Gasteiger partial charge in [-0.1, -0.05) is 12.1 Å². The second-order valence-corrected chi connectivity index (χ2v) is 7.77. The van der Waals surface area contributed by atoms with Crippen LogP contribution >= 0.6 is 11.6 Å². The lowest BCUT2D eigenvalue weighted by atomic mass is 9.80. The fourth-order valence-electron chi connectivity index (χ4n) is 3.90. The molecular weight excluding hydrogens is 370 g/mol. The molecule has 2 heterocycles. The van der Waals surface area contributed by atoms with Crippen LogP contribution < -0.4 is 4.74 Å². The molecular formula is C20H20ClNO5. The second kappa shape index (κ2) is 7.11. The molecule has 2 aliphatic rings. The van der Waals surface area contributed by atoms with Crippen LogP contribution in [0.4, 0.5) is 5.69 Å². The van der Waals surface area contributed by atoms with E-state index in [0.29, 0.717) is 19.6 Å². The topological polar surface area (TPSA) is 70.8 Å². The number of halogens is 1. The largest absolute Gasteiger partial charge is 0.497 e. The third-order valence-corrected chi connectivity index (χ3v) is 6.00. The molecule has 0 spiro atoms. The first-order valence-corrected chi connectivity index (χ1v) is 9.18. The van der Waals surface area contributed by atoms with Crippen LogP contribution in [0, 0.1) is 16.0 Å². The van der Waals surface area contributed by atoms with Gasteiger partial charge in [0.05, 0.1) is 42.3 Å². The monoisotopic (exact) mass is 389 g/mol. The van der Waals surface area contributed by atoms with Gasteiger partial charge in [-0.15, -0.1) is 11.6 Å². The van der Waals surface area contributed by atoms with Crippen molar-refractivity contribution in [3.8, 4) is 5.75 Å². The van der Waals surface area contributed by atoms with E-state index in [1.165, 1.54) is 12.1 Å². The Morgan fingerprint density at radius 3 is 2.41 bits per heavy atom. The summed E-state index contributed by atoms with van der Waals surface area (Å²) in [5.41, 5.74) is 2.02. The molecule has 142 valence electrons. The Morgan fingerprint density at radius 2 is 1.78 bits per heavy atom. The van der Waals surface area contributed by atoms with Crippen LogP contribution in [-0.4, -0.2) is 30.1 Å². The SMILES string of the molecule is COc1ccc([C@@H]2OC[C@]3(Cl)C[C@@H](c4ccc([N+](=O)[O-])cc4)OC[C@H]23)cc1. The number of hydrogen-bond donors (Lipinski definition) is 0.